The molecule has 1 aromatic rings. The van der Waals surface area contributed by atoms with E-state index in [2.05, 4.69) is 0 Å². The Morgan fingerprint density at radius 3 is 2.00 bits per heavy atom. The second-order valence-corrected chi connectivity index (χ2v) is 9.45. The molecule has 0 spiro atoms. The first kappa shape index (κ1) is 27.9. The first-order valence-electron chi connectivity index (χ1n) is 12.0. The van der Waals surface area contributed by atoms with Crippen LogP contribution in [-0.4, -0.2) is 66.6 Å². The Balaban J connectivity index is 1.82. The average molecular weight is 507 g/mol. The van der Waals surface area contributed by atoms with E-state index in [0.717, 1.165) is 5.56 Å². The molecule has 2 fully saturated rings. The van der Waals surface area contributed by atoms with Crippen LogP contribution in [0.3, 0.4) is 0 Å². The second kappa shape index (κ2) is 12.5. The summed E-state index contributed by atoms with van der Waals surface area (Å²) in [5.41, 5.74) is 0.864. The zero-order valence-electron chi connectivity index (χ0n) is 21.1. The van der Waals surface area contributed by atoms with Gasteiger partial charge in [-0.1, -0.05) is 30.3 Å². The molecule has 0 bridgehead atoms. The highest BCUT2D eigenvalue weighted by molar-refractivity contribution is 5.81. The number of Topliss-reactive ketones (excluding diaryl/α,β-unsaturated/α-hetero) is 2. The van der Waals surface area contributed by atoms with Gasteiger partial charge in [-0.15, -0.1) is 0 Å². The molecule has 0 saturated carbocycles. The topological polar surface area (TPSA) is 124 Å². The van der Waals surface area contributed by atoms with Gasteiger partial charge in [0.15, 0.2) is 24.3 Å². The molecule has 198 valence electrons. The van der Waals surface area contributed by atoms with Crippen molar-refractivity contribution < 1.29 is 47.6 Å². The van der Waals surface area contributed by atoms with Crippen LogP contribution in [0.5, 0.6) is 0 Å². The van der Waals surface area contributed by atoms with E-state index in [1.54, 1.807) is 13.8 Å². The van der Waals surface area contributed by atoms with Gasteiger partial charge in [-0.2, -0.15) is 0 Å². The zero-order valence-corrected chi connectivity index (χ0v) is 21.1. The van der Waals surface area contributed by atoms with E-state index in [1.807, 2.05) is 30.3 Å². The molecular weight excluding hydrogens is 472 g/mol. The van der Waals surface area contributed by atoms with E-state index in [1.165, 1.54) is 13.8 Å². The monoisotopic (exact) mass is 506 g/mol. The summed E-state index contributed by atoms with van der Waals surface area (Å²) in [4.78, 5) is 47.9. The van der Waals surface area contributed by atoms with Crippen LogP contribution in [0.2, 0.25) is 0 Å². The fourth-order valence-corrected chi connectivity index (χ4v) is 3.95. The summed E-state index contributed by atoms with van der Waals surface area (Å²) in [7, 11) is 0. The van der Waals surface area contributed by atoms with Gasteiger partial charge in [-0.25, -0.2) is 0 Å². The van der Waals surface area contributed by atoms with Gasteiger partial charge in [0.1, 0.15) is 23.8 Å². The van der Waals surface area contributed by atoms with E-state index in [0.29, 0.717) is 0 Å². The second-order valence-electron chi connectivity index (χ2n) is 9.45. The standard InChI is InChI=1S/C26H34O10/c1-16(27)10-12-20(29)33-23-22(19-15-32-26(3,4)36-19)35-25(31-14-18-8-6-5-7-9-18)24(23)34-21(30)13-11-17(2)28/h5-9,19,22-25H,10-15H2,1-4H3/t19-,22+,23+,24-,25+/m1/s1. The van der Waals surface area contributed by atoms with Crippen molar-refractivity contribution in [2.45, 2.75) is 96.5 Å². The molecular formula is C26H34O10. The lowest BCUT2D eigenvalue weighted by Crippen LogP contribution is -2.45. The Hall–Kier alpha value is -2.66. The van der Waals surface area contributed by atoms with Crippen molar-refractivity contribution in [3.63, 3.8) is 0 Å². The predicted molar refractivity (Wildman–Crippen MR) is 124 cm³/mol. The summed E-state index contributed by atoms with van der Waals surface area (Å²) in [6.07, 6.45) is -4.99. The fourth-order valence-electron chi connectivity index (χ4n) is 3.95. The molecule has 2 aliphatic heterocycles. The molecule has 3 rings (SSSR count). The van der Waals surface area contributed by atoms with Crippen molar-refractivity contribution in [2.75, 3.05) is 6.61 Å². The minimum atomic E-state index is -1.12. The smallest absolute Gasteiger partial charge is 0.306 e. The predicted octanol–water partition coefficient (Wildman–Crippen LogP) is 2.64. The lowest BCUT2D eigenvalue weighted by molar-refractivity contribution is -0.204. The Kier molecular flexibility index (Phi) is 9.72. The van der Waals surface area contributed by atoms with Gasteiger partial charge in [0, 0.05) is 12.8 Å². The molecule has 0 radical (unpaired) electrons. The molecule has 2 aliphatic rings. The van der Waals surface area contributed by atoms with Gasteiger partial charge in [-0.3, -0.25) is 9.59 Å². The number of ketones is 2. The summed E-state index contributed by atoms with van der Waals surface area (Å²) in [5.74, 6) is -2.49. The number of benzene rings is 1. The number of hydrogen-bond donors (Lipinski definition) is 0. The van der Waals surface area contributed by atoms with Crippen molar-refractivity contribution >= 4 is 23.5 Å². The molecule has 1 aromatic carbocycles. The number of carbonyl (C=O) groups excluding carboxylic acids is 4. The summed E-state index contributed by atoms with van der Waals surface area (Å²) < 4.78 is 35.1. The molecule has 0 unspecified atom stereocenters. The summed E-state index contributed by atoms with van der Waals surface area (Å²) >= 11 is 0. The Morgan fingerprint density at radius 1 is 0.889 bits per heavy atom. The van der Waals surface area contributed by atoms with E-state index in [9.17, 15) is 19.2 Å². The van der Waals surface area contributed by atoms with Crippen molar-refractivity contribution in [3.8, 4) is 0 Å². The van der Waals surface area contributed by atoms with Gasteiger partial charge >= 0.3 is 11.9 Å². The Bertz CT molecular complexity index is 928. The average Bonchev–Trinajstić information content (AvgIpc) is 3.35. The summed E-state index contributed by atoms with van der Waals surface area (Å²) in [6.45, 7) is 6.57. The third-order valence-corrected chi connectivity index (χ3v) is 5.76. The molecule has 36 heavy (non-hydrogen) atoms. The Labute approximate surface area is 210 Å². The van der Waals surface area contributed by atoms with Crippen LogP contribution in [0.15, 0.2) is 30.3 Å². The Morgan fingerprint density at radius 2 is 1.47 bits per heavy atom. The van der Waals surface area contributed by atoms with Crippen LogP contribution in [0.1, 0.15) is 58.9 Å². The summed E-state index contributed by atoms with van der Waals surface area (Å²) in [6, 6.07) is 9.34. The van der Waals surface area contributed by atoms with Crippen LogP contribution in [0.4, 0.5) is 0 Å². The van der Waals surface area contributed by atoms with Crippen molar-refractivity contribution in [1.82, 2.24) is 0 Å². The van der Waals surface area contributed by atoms with E-state index in [4.69, 9.17) is 28.4 Å². The molecule has 5 atom stereocenters. The zero-order chi connectivity index (χ0) is 26.3. The highest BCUT2D eigenvalue weighted by atomic mass is 16.8. The largest absolute Gasteiger partial charge is 0.455 e. The highest BCUT2D eigenvalue weighted by Gasteiger charge is 2.55. The number of ether oxygens (including phenoxy) is 6. The fraction of sp³-hybridized carbons (Fsp3) is 0.615. The molecule has 0 aromatic heterocycles. The summed E-state index contributed by atoms with van der Waals surface area (Å²) in [5, 5.41) is 0. The van der Waals surface area contributed by atoms with Crippen LogP contribution in [-0.2, 0) is 54.2 Å². The third-order valence-electron chi connectivity index (χ3n) is 5.76. The lowest BCUT2D eigenvalue weighted by Gasteiger charge is -2.26. The quantitative estimate of drug-likeness (QED) is 0.391. The molecule has 10 heteroatoms. The van der Waals surface area contributed by atoms with Crippen LogP contribution in [0.25, 0.3) is 0 Å². The minimum absolute atomic E-state index is 0.0161. The van der Waals surface area contributed by atoms with Crippen molar-refractivity contribution in [1.29, 1.82) is 0 Å². The van der Waals surface area contributed by atoms with Gasteiger partial charge in [0.05, 0.1) is 26.1 Å². The molecule has 2 saturated heterocycles. The van der Waals surface area contributed by atoms with Crippen LogP contribution in [0, 0.1) is 0 Å². The number of esters is 2. The molecule has 0 aliphatic carbocycles. The van der Waals surface area contributed by atoms with E-state index < -0.39 is 48.4 Å². The molecule has 10 nitrogen and oxygen atoms in total. The van der Waals surface area contributed by atoms with Gasteiger partial charge in [0.2, 0.25) is 0 Å². The number of rotatable bonds is 12. The van der Waals surface area contributed by atoms with E-state index in [-0.39, 0.29) is 50.5 Å². The number of carbonyl (C=O) groups is 4. The maximum Gasteiger partial charge on any atom is 0.306 e. The van der Waals surface area contributed by atoms with Crippen molar-refractivity contribution in [2.24, 2.45) is 0 Å². The highest BCUT2D eigenvalue weighted by Crippen LogP contribution is 2.36. The SMILES string of the molecule is CC(=O)CCC(=O)O[C@H]1[C@H]([C@H]2COC(C)(C)O2)O[C@H](OCc2ccccc2)[C@@H]1OC(=O)CCC(C)=O. The lowest BCUT2D eigenvalue weighted by atomic mass is 10.1. The van der Waals surface area contributed by atoms with Crippen molar-refractivity contribution in [3.05, 3.63) is 35.9 Å². The maximum absolute atomic E-state index is 12.6. The third kappa shape index (κ3) is 8.19. The minimum Gasteiger partial charge on any atom is -0.455 e. The normalized spacial score (nSPS) is 26.9. The molecule has 2 heterocycles. The van der Waals surface area contributed by atoms with E-state index >= 15 is 0 Å². The first-order chi connectivity index (χ1) is 17.0. The maximum atomic E-state index is 12.6. The van der Waals surface area contributed by atoms with Gasteiger partial charge < -0.3 is 38.0 Å². The van der Waals surface area contributed by atoms with Crippen LogP contribution >= 0.6 is 0 Å². The molecule has 0 amide bonds. The number of hydrogen-bond acceptors (Lipinski definition) is 10. The van der Waals surface area contributed by atoms with Gasteiger partial charge in [0.25, 0.3) is 0 Å². The molecule has 0 N–H and O–H groups in total. The van der Waals surface area contributed by atoms with Gasteiger partial charge in [-0.05, 0) is 33.3 Å². The van der Waals surface area contributed by atoms with Crippen LogP contribution < -0.4 is 0 Å². The first-order valence-corrected chi connectivity index (χ1v) is 12.0.